The number of rotatable bonds is 8. The Hall–Kier alpha value is -9.50. The Balaban J connectivity index is 1.14. The fourth-order valence-electron chi connectivity index (χ4n) is 11.4. The van der Waals surface area contributed by atoms with Gasteiger partial charge in [-0.1, -0.05) is 231 Å². The van der Waals surface area contributed by atoms with E-state index in [1.807, 2.05) is 0 Å². The molecule has 2 heteroatoms. The van der Waals surface area contributed by atoms with Crippen LogP contribution in [0, 0.1) is 0 Å². The Bertz CT molecular complexity index is 4110. The third kappa shape index (κ3) is 6.88. The van der Waals surface area contributed by atoms with Crippen molar-refractivity contribution in [1.82, 2.24) is 0 Å². The monoisotopic (exact) mass is 914 g/mol. The van der Waals surface area contributed by atoms with Gasteiger partial charge < -0.3 is 9.80 Å². The number of nitrogens with zero attached hydrogens (tertiary/aromatic N) is 2. The molecule has 0 amide bonds. The molecule has 336 valence electrons. The van der Waals surface area contributed by atoms with E-state index in [0.29, 0.717) is 0 Å². The lowest BCUT2D eigenvalue weighted by molar-refractivity contribution is 1.31. The van der Waals surface area contributed by atoms with E-state index in [4.69, 9.17) is 0 Å². The zero-order valence-electron chi connectivity index (χ0n) is 39.5. The molecule has 0 atom stereocenters. The average Bonchev–Trinajstić information content (AvgIpc) is 3.45. The van der Waals surface area contributed by atoms with Crippen LogP contribution in [0.4, 0.5) is 34.1 Å². The van der Waals surface area contributed by atoms with Crippen LogP contribution in [0.5, 0.6) is 0 Å². The molecule has 0 radical (unpaired) electrons. The summed E-state index contributed by atoms with van der Waals surface area (Å²) in [6.45, 7) is 0. The Labute approximate surface area is 418 Å². The number of benzene rings is 14. The minimum Gasteiger partial charge on any atom is -0.309 e. The van der Waals surface area contributed by atoms with Crippen LogP contribution in [0.15, 0.2) is 279 Å². The highest BCUT2D eigenvalue weighted by Gasteiger charge is 2.26. The maximum absolute atomic E-state index is 2.54. The molecule has 0 spiro atoms. The predicted molar refractivity (Wildman–Crippen MR) is 309 cm³/mol. The first-order valence-corrected chi connectivity index (χ1v) is 24.8. The second kappa shape index (κ2) is 17.2. The van der Waals surface area contributed by atoms with Crippen LogP contribution < -0.4 is 9.80 Å². The summed E-state index contributed by atoms with van der Waals surface area (Å²) in [5.41, 5.74) is 11.3. The van der Waals surface area contributed by atoms with Gasteiger partial charge in [0.15, 0.2) is 0 Å². The van der Waals surface area contributed by atoms with E-state index in [1.54, 1.807) is 0 Å². The zero-order valence-corrected chi connectivity index (χ0v) is 39.5. The lowest BCUT2D eigenvalue weighted by Crippen LogP contribution is -2.14. The van der Waals surface area contributed by atoms with Crippen molar-refractivity contribution in [3.63, 3.8) is 0 Å². The van der Waals surface area contributed by atoms with Gasteiger partial charge in [-0.25, -0.2) is 0 Å². The molecule has 14 rings (SSSR count). The summed E-state index contributed by atoms with van der Waals surface area (Å²) in [5, 5.41) is 16.7. The van der Waals surface area contributed by atoms with Gasteiger partial charge in [0.2, 0.25) is 0 Å². The highest BCUT2D eigenvalue weighted by molar-refractivity contribution is 6.19. The molecule has 0 aliphatic carbocycles. The molecule has 0 aromatic heterocycles. The van der Waals surface area contributed by atoms with E-state index in [0.717, 1.165) is 67.2 Å². The summed E-state index contributed by atoms with van der Waals surface area (Å²) in [6.07, 6.45) is 0. The maximum atomic E-state index is 2.54. The van der Waals surface area contributed by atoms with Gasteiger partial charge in [-0.15, -0.1) is 0 Å². The summed E-state index contributed by atoms with van der Waals surface area (Å²) in [4.78, 5) is 5.09. The van der Waals surface area contributed by atoms with Gasteiger partial charge in [0, 0.05) is 32.7 Å². The normalized spacial score (nSPS) is 11.6. The fraction of sp³-hybridized carbons (Fsp3) is 0. The molecule has 0 saturated heterocycles. The van der Waals surface area contributed by atoms with E-state index in [-0.39, 0.29) is 0 Å². The molecule has 14 aromatic rings. The number of anilines is 6. The summed E-state index contributed by atoms with van der Waals surface area (Å²) >= 11 is 0. The Morgan fingerprint density at radius 2 is 0.472 bits per heavy atom. The molecule has 0 fully saturated rings. The van der Waals surface area contributed by atoms with Crippen molar-refractivity contribution in [3.8, 4) is 22.3 Å². The van der Waals surface area contributed by atoms with Gasteiger partial charge in [-0.3, -0.25) is 0 Å². The molecule has 0 heterocycles. The van der Waals surface area contributed by atoms with Crippen molar-refractivity contribution >= 4 is 110 Å². The molecular formula is C70H46N2. The van der Waals surface area contributed by atoms with Gasteiger partial charge in [-0.05, 0) is 114 Å². The van der Waals surface area contributed by atoms with Crippen LogP contribution in [0.1, 0.15) is 0 Å². The van der Waals surface area contributed by atoms with Crippen molar-refractivity contribution in [2.45, 2.75) is 0 Å². The van der Waals surface area contributed by atoms with Gasteiger partial charge in [-0.2, -0.15) is 0 Å². The Morgan fingerprint density at radius 3 is 0.903 bits per heavy atom. The minimum absolute atomic E-state index is 1.09. The molecule has 0 N–H and O–H groups in total. The summed E-state index contributed by atoms with van der Waals surface area (Å²) in [5.74, 6) is 0. The summed E-state index contributed by atoms with van der Waals surface area (Å²) in [6, 6.07) is 103. The second-order valence-electron chi connectivity index (χ2n) is 18.8. The van der Waals surface area contributed by atoms with Gasteiger partial charge in [0.05, 0.1) is 34.1 Å². The lowest BCUT2D eigenvalue weighted by Gasteiger charge is -2.32. The molecule has 14 aromatic carbocycles. The third-order valence-electron chi connectivity index (χ3n) is 14.7. The van der Waals surface area contributed by atoms with Crippen LogP contribution in [0.3, 0.4) is 0 Å². The van der Waals surface area contributed by atoms with Crippen molar-refractivity contribution < 1.29 is 0 Å². The second-order valence-corrected chi connectivity index (χ2v) is 18.8. The number of hydrogen-bond acceptors (Lipinski definition) is 2. The van der Waals surface area contributed by atoms with Crippen LogP contribution in [0.25, 0.3) is 97.7 Å². The molecule has 0 aliphatic rings. The van der Waals surface area contributed by atoms with Crippen LogP contribution in [0.2, 0.25) is 0 Å². The molecule has 0 bridgehead atoms. The largest absolute Gasteiger partial charge is 0.309 e. The van der Waals surface area contributed by atoms with Gasteiger partial charge >= 0.3 is 0 Å². The standard InChI is InChI=1S/C70H46N2/c1-3-21-49(22-4-1)63-41-53-42-64(50-23-5-2-6-24-50)70(72(66-40-20-30-48-26-8-14-34-58(48)66)68-44-52-28-10-12-32-56(52)60-36-16-18-38-62(60)68)46-54(53)45-69(63)71(65-39-19-29-47-25-7-13-33-57(47)65)67-43-51-27-9-11-31-55(51)59-35-15-17-37-61(59)67/h1-46H. The first-order valence-electron chi connectivity index (χ1n) is 24.8. The first-order chi connectivity index (χ1) is 35.7. The van der Waals surface area contributed by atoms with Crippen LogP contribution in [-0.2, 0) is 0 Å². The van der Waals surface area contributed by atoms with Crippen molar-refractivity contribution in [2.75, 3.05) is 9.80 Å². The topological polar surface area (TPSA) is 6.48 Å². The van der Waals surface area contributed by atoms with Crippen molar-refractivity contribution in [2.24, 2.45) is 0 Å². The van der Waals surface area contributed by atoms with E-state index in [9.17, 15) is 0 Å². The number of hydrogen-bond donors (Lipinski definition) is 0. The quantitative estimate of drug-likeness (QED) is 0.140. The summed E-state index contributed by atoms with van der Waals surface area (Å²) < 4.78 is 0. The number of fused-ring (bicyclic) bond motifs is 9. The predicted octanol–water partition coefficient (Wildman–Crippen LogP) is 20.0. The molecule has 72 heavy (non-hydrogen) atoms. The van der Waals surface area contributed by atoms with Crippen molar-refractivity contribution in [3.05, 3.63) is 279 Å². The average molecular weight is 915 g/mol. The highest BCUT2D eigenvalue weighted by Crippen LogP contribution is 2.52. The molecule has 0 saturated carbocycles. The summed E-state index contributed by atoms with van der Waals surface area (Å²) in [7, 11) is 0. The lowest BCUT2D eigenvalue weighted by atomic mass is 9.92. The zero-order chi connectivity index (χ0) is 47.5. The van der Waals surface area contributed by atoms with E-state index < -0.39 is 0 Å². The van der Waals surface area contributed by atoms with Crippen molar-refractivity contribution in [1.29, 1.82) is 0 Å². The van der Waals surface area contributed by atoms with Crippen LogP contribution in [-0.4, -0.2) is 0 Å². The third-order valence-corrected chi connectivity index (χ3v) is 14.7. The van der Waals surface area contributed by atoms with Crippen LogP contribution >= 0.6 is 0 Å². The molecule has 0 aliphatic heterocycles. The fourth-order valence-corrected chi connectivity index (χ4v) is 11.4. The maximum Gasteiger partial charge on any atom is 0.0546 e. The van der Waals surface area contributed by atoms with Gasteiger partial charge in [0.25, 0.3) is 0 Å². The molecular weight excluding hydrogens is 869 g/mol. The Morgan fingerprint density at radius 1 is 0.167 bits per heavy atom. The SMILES string of the molecule is c1ccc(-c2cc3cc(-c4ccccc4)c(N(c4cccc5ccccc45)c4cc5ccccc5c5ccccc45)cc3cc2N(c2cccc3ccccc23)c2cc3ccccc3c3ccccc23)cc1. The van der Waals surface area contributed by atoms with E-state index in [2.05, 4.69) is 289 Å². The smallest absolute Gasteiger partial charge is 0.0546 e. The Kier molecular flexibility index (Phi) is 9.89. The first kappa shape index (κ1) is 41.5. The van der Waals surface area contributed by atoms with E-state index in [1.165, 1.54) is 64.6 Å². The highest BCUT2D eigenvalue weighted by atomic mass is 15.2. The van der Waals surface area contributed by atoms with Gasteiger partial charge in [0.1, 0.15) is 0 Å². The molecule has 0 unspecified atom stereocenters. The molecule has 2 nitrogen and oxygen atoms in total. The minimum atomic E-state index is 1.09. The van der Waals surface area contributed by atoms with E-state index >= 15 is 0 Å².